The van der Waals surface area contributed by atoms with Gasteiger partial charge in [0.05, 0.1) is 13.2 Å². The number of aliphatic hydroxyl groups is 3. The lowest BCUT2D eigenvalue weighted by Crippen LogP contribution is -2.43. The molecule has 10 heteroatoms. The molecule has 1 aliphatic heterocycles. The molecule has 0 spiro atoms. The number of hydrogen-bond acceptors (Lipinski definition) is 8. The van der Waals surface area contributed by atoms with Crippen LogP contribution in [0.3, 0.4) is 0 Å². The van der Waals surface area contributed by atoms with Gasteiger partial charge in [-0.05, 0) is 19.1 Å². The summed E-state index contributed by atoms with van der Waals surface area (Å²) in [6, 6.07) is 1.13. The molecule has 3 rings (SSSR count). The predicted molar refractivity (Wildman–Crippen MR) is 96.2 cm³/mol. The Bertz CT molecular complexity index is 1040. The summed E-state index contributed by atoms with van der Waals surface area (Å²) >= 11 is 0. The van der Waals surface area contributed by atoms with Crippen LogP contribution in [-0.2, 0) is 11.3 Å². The number of terminal acetylenes is 1. The van der Waals surface area contributed by atoms with Crippen LogP contribution in [0.15, 0.2) is 32.5 Å². The van der Waals surface area contributed by atoms with Gasteiger partial charge in [0.15, 0.2) is 6.23 Å². The fourth-order valence-corrected chi connectivity index (χ4v) is 3.01. The van der Waals surface area contributed by atoms with Crippen LogP contribution < -0.4 is 11.2 Å². The van der Waals surface area contributed by atoms with Crippen molar-refractivity contribution in [3.8, 4) is 12.3 Å². The van der Waals surface area contributed by atoms with E-state index in [0.29, 0.717) is 17.0 Å². The number of aromatic nitrogens is 3. The van der Waals surface area contributed by atoms with Crippen LogP contribution in [-0.4, -0.2) is 54.5 Å². The summed E-state index contributed by atoms with van der Waals surface area (Å²) in [4.78, 5) is 25.1. The molecule has 4 unspecified atom stereocenters. The summed E-state index contributed by atoms with van der Waals surface area (Å²) in [6.45, 7) is 0.930. The number of rotatable bonds is 5. The van der Waals surface area contributed by atoms with Gasteiger partial charge in [0.25, 0.3) is 5.56 Å². The Morgan fingerprint density at radius 3 is 2.75 bits per heavy atom. The van der Waals surface area contributed by atoms with Crippen molar-refractivity contribution >= 4 is 6.08 Å². The number of allylic oxidation sites excluding steroid dienone is 1. The zero-order valence-corrected chi connectivity index (χ0v) is 14.9. The minimum absolute atomic E-state index is 0.200. The highest BCUT2D eigenvalue weighted by molar-refractivity contribution is 5.56. The van der Waals surface area contributed by atoms with Crippen LogP contribution in [0.2, 0.25) is 0 Å². The van der Waals surface area contributed by atoms with Gasteiger partial charge in [-0.1, -0.05) is 11.1 Å². The van der Waals surface area contributed by atoms with Crippen molar-refractivity contribution in [1.82, 2.24) is 14.3 Å². The van der Waals surface area contributed by atoms with Crippen LogP contribution in [0.5, 0.6) is 0 Å². The van der Waals surface area contributed by atoms with Crippen molar-refractivity contribution in [1.29, 1.82) is 0 Å². The molecule has 2 aromatic rings. The monoisotopic (exact) mass is 389 g/mol. The van der Waals surface area contributed by atoms with Crippen LogP contribution in [0.4, 0.5) is 0 Å². The maximum atomic E-state index is 12.8. The van der Waals surface area contributed by atoms with Gasteiger partial charge in [0.1, 0.15) is 29.8 Å². The Balaban J connectivity index is 2.00. The van der Waals surface area contributed by atoms with Gasteiger partial charge in [-0.25, -0.2) is 4.79 Å². The topological polar surface area (TPSA) is 140 Å². The lowest BCUT2D eigenvalue weighted by atomic mass is 10.1. The highest BCUT2D eigenvalue weighted by atomic mass is 16.6. The Hall–Kier alpha value is -2.97. The zero-order chi connectivity index (χ0) is 20.4. The first-order valence-electron chi connectivity index (χ1n) is 8.41. The molecule has 1 saturated heterocycles. The van der Waals surface area contributed by atoms with Crippen LogP contribution in [0.25, 0.3) is 6.08 Å². The van der Waals surface area contributed by atoms with Crippen LogP contribution >= 0.6 is 0 Å². The molecule has 1 aliphatic rings. The van der Waals surface area contributed by atoms with Crippen molar-refractivity contribution in [3.63, 3.8) is 0 Å². The second kappa shape index (κ2) is 7.95. The van der Waals surface area contributed by atoms with E-state index in [4.69, 9.17) is 15.7 Å². The molecule has 0 aromatic carbocycles. The third kappa shape index (κ3) is 3.44. The van der Waals surface area contributed by atoms with Gasteiger partial charge in [-0.2, -0.15) is 0 Å². The van der Waals surface area contributed by atoms with Crippen molar-refractivity contribution in [3.05, 3.63) is 56.2 Å². The molecule has 28 heavy (non-hydrogen) atoms. The molecule has 3 heterocycles. The van der Waals surface area contributed by atoms with Gasteiger partial charge in [-0.3, -0.25) is 13.9 Å². The highest BCUT2D eigenvalue weighted by Crippen LogP contribution is 2.27. The van der Waals surface area contributed by atoms with E-state index < -0.39 is 42.4 Å². The number of ether oxygens (including phenoxy) is 1. The molecular weight excluding hydrogens is 370 g/mol. The Labute approximate surface area is 158 Å². The van der Waals surface area contributed by atoms with Crippen molar-refractivity contribution in [2.75, 3.05) is 6.61 Å². The van der Waals surface area contributed by atoms with Gasteiger partial charge >= 0.3 is 5.69 Å². The summed E-state index contributed by atoms with van der Waals surface area (Å²) in [5.74, 6) is 2.81. The van der Waals surface area contributed by atoms with Crippen molar-refractivity contribution in [2.45, 2.75) is 38.0 Å². The van der Waals surface area contributed by atoms with E-state index in [9.17, 15) is 24.9 Å². The molecule has 0 bridgehead atoms. The summed E-state index contributed by atoms with van der Waals surface area (Å²) < 4.78 is 12.3. The van der Waals surface area contributed by atoms with Gasteiger partial charge in [0.2, 0.25) is 0 Å². The number of aryl methyl sites for hydroxylation is 1. The number of aliphatic hydroxyl groups excluding tert-OH is 3. The molecule has 2 aromatic heterocycles. The first-order chi connectivity index (χ1) is 13.4. The normalized spacial score (nSPS) is 24.7. The second-order valence-corrected chi connectivity index (χ2v) is 6.26. The molecule has 3 N–H and O–H groups in total. The maximum absolute atomic E-state index is 12.8. The first-order valence-corrected chi connectivity index (χ1v) is 8.41. The molecule has 148 valence electrons. The van der Waals surface area contributed by atoms with Crippen molar-refractivity contribution in [2.24, 2.45) is 0 Å². The molecule has 10 nitrogen and oxygen atoms in total. The standard InChI is InChI=1S/C18H19N3O7/c1-3-4-5-11-10(2)28-19-12(11)8-21-14(23)6-7-20(18(21)26)17-16(25)15(24)13(9-22)27-17/h1,4-7,13,15-17,22,24-25H,8-9H2,2H3/b5-4-. The second-order valence-electron chi connectivity index (χ2n) is 6.26. The molecular formula is C18H19N3O7. The maximum Gasteiger partial charge on any atom is 0.333 e. The Morgan fingerprint density at radius 1 is 1.36 bits per heavy atom. The molecule has 0 saturated carbocycles. The van der Waals surface area contributed by atoms with Crippen LogP contribution in [0, 0.1) is 19.3 Å². The van der Waals surface area contributed by atoms with E-state index in [1.165, 1.54) is 6.08 Å². The SMILES string of the molecule is C#C/C=C\c1c(Cn2c(=O)ccn(C3OC(CO)C(O)C3O)c2=O)noc1C. The van der Waals surface area contributed by atoms with Gasteiger partial charge in [0, 0.05) is 17.8 Å². The van der Waals surface area contributed by atoms with Crippen LogP contribution in [0.1, 0.15) is 23.2 Å². The molecule has 1 fully saturated rings. The van der Waals surface area contributed by atoms with E-state index in [1.54, 1.807) is 13.0 Å². The Kier molecular flexibility index (Phi) is 5.62. The quantitative estimate of drug-likeness (QED) is 0.531. The third-order valence-corrected chi connectivity index (χ3v) is 4.52. The number of hydrogen-bond donors (Lipinski definition) is 3. The summed E-state index contributed by atoms with van der Waals surface area (Å²) in [6.07, 6.45) is 4.26. The summed E-state index contributed by atoms with van der Waals surface area (Å²) in [5, 5.41) is 33.1. The minimum atomic E-state index is -1.45. The zero-order valence-electron chi connectivity index (χ0n) is 14.9. The lowest BCUT2D eigenvalue weighted by molar-refractivity contribution is -0.0555. The summed E-state index contributed by atoms with van der Waals surface area (Å²) in [5.41, 5.74) is -0.509. The first kappa shape index (κ1) is 19.8. The van der Waals surface area contributed by atoms with E-state index in [2.05, 4.69) is 11.1 Å². The van der Waals surface area contributed by atoms with Crippen molar-refractivity contribution < 1.29 is 24.6 Å². The van der Waals surface area contributed by atoms with E-state index in [1.807, 2.05) is 0 Å². The largest absolute Gasteiger partial charge is 0.394 e. The predicted octanol–water partition coefficient (Wildman–Crippen LogP) is -1.39. The van der Waals surface area contributed by atoms with E-state index in [-0.39, 0.29) is 6.54 Å². The fraction of sp³-hybridized carbons (Fsp3) is 0.389. The lowest BCUT2D eigenvalue weighted by Gasteiger charge is -2.18. The molecule has 0 amide bonds. The minimum Gasteiger partial charge on any atom is -0.394 e. The molecule has 0 aliphatic carbocycles. The fourth-order valence-electron chi connectivity index (χ4n) is 3.01. The van der Waals surface area contributed by atoms with E-state index in [0.717, 1.165) is 21.4 Å². The highest BCUT2D eigenvalue weighted by Gasteiger charge is 2.43. The number of nitrogens with zero attached hydrogens (tertiary/aromatic N) is 3. The molecule has 4 atom stereocenters. The third-order valence-electron chi connectivity index (χ3n) is 4.52. The molecule has 0 radical (unpaired) electrons. The average Bonchev–Trinajstić information content (AvgIpc) is 3.17. The average molecular weight is 389 g/mol. The van der Waals surface area contributed by atoms with Gasteiger partial charge < -0.3 is 24.6 Å². The Morgan fingerprint density at radius 2 is 2.11 bits per heavy atom. The summed E-state index contributed by atoms with van der Waals surface area (Å²) in [7, 11) is 0. The van der Waals surface area contributed by atoms with E-state index >= 15 is 0 Å². The van der Waals surface area contributed by atoms with Gasteiger partial charge in [-0.15, -0.1) is 6.42 Å². The smallest absolute Gasteiger partial charge is 0.333 e.